The largest absolute Gasteiger partial charge is 0.467 e. The van der Waals surface area contributed by atoms with Crippen LogP contribution in [0.5, 0.6) is 17.2 Å². The fourth-order valence-electron chi connectivity index (χ4n) is 2.87. The van der Waals surface area contributed by atoms with Gasteiger partial charge in [0, 0.05) is 29.3 Å². The molecule has 0 aliphatic carbocycles. The van der Waals surface area contributed by atoms with Crippen LogP contribution in [-0.2, 0) is 27.5 Å². The number of esters is 1. The smallest absolute Gasteiger partial charge is 0.331 e. The van der Waals surface area contributed by atoms with E-state index in [0.29, 0.717) is 28.4 Å². The molecule has 9 heteroatoms. The zero-order valence-corrected chi connectivity index (χ0v) is 14.6. The number of hydrogen-bond acceptors (Lipinski definition) is 8. The number of nitro groups is 1. The van der Waals surface area contributed by atoms with Crippen molar-refractivity contribution in [1.82, 2.24) is 0 Å². The molecule has 0 N–H and O–H groups in total. The van der Waals surface area contributed by atoms with E-state index in [2.05, 4.69) is 0 Å². The lowest BCUT2D eigenvalue weighted by Crippen LogP contribution is -2.14. The minimum Gasteiger partial charge on any atom is -0.467 e. The normalized spacial score (nSPS) is 14.4. The number of ether oxygens (including phenoxy) is 5. The molecule has 2 aromatic carbocycles. The number of benzene rings is 2. The maximum Gasteiger partial charge on any atom is 0.331 e. The van der Waals surface area contributed by atoms with E-state index >= 15 is 0 Å². The zero-order valence-electron chi connectivity index (χ0n) is 14.6. The lowest BCUT2D eigenvalue weighted by Gasteiger charge is -2.20. The van der Waals surface area contributed by atoms with Gasteiger partial charge in [-0.2, -0.15) is 0 Å². The highest BCUT2D eigenvalue weighted by Gasteiger charge is 2.21. The van der Waals surface area contributed by atoms with Crippen LogP contribution >= 0.6 is 0 Å². The molecular formula is C19H15NO8. The average molecular weight is 385 g/mol. The maximum atomic E-state index is 12.0. The number of hydrogen-bond donors (Lipinski definition) is 0. The van der Waals surface area contributed by atoms with E-state index in [0.717, 1.165) is 5.56 Å². The van der Waals surface area contributed by atoms with Crippen molar-refractivity contribution in [3.8, 4) is 17.2 Å². The Hall–Kier alpha value is -3.59. The highest BCUT2D eigenvalue weighted by atomic mass is 16.7. The van der Waals surface area contributed by atoms with Gasteiger partial charge in [-0.15, -0.1) is 0 Å². The summed E-state index contributed by atoms with van der Waals surface area (Å²) in [5, 5.41) is 11.1. The zero-order chi connectivity index (χ0) is 19.5. The topological polar surface area (TPSA) is 106 Å². The fraction of sp³-hybridized carbons (Fsp3) is 0.211. The Morgan fingerprint density at radius 1 is 1.14 bits per heavy atom. The van der Waals surface area contributed by atoms with Crippen molar-refractivity contribution in [2.24, 2.45) is 0 Å². The Morgan fingerprint density at radius 3 is 2.86 bits per heavy atom. The molecule has 2 aliphatic heterocycles. The summed E-state index contributed by atoms with van der Waals surface area (Å²) in [6.45, 7) is 0.247. The molecule has 4 rings (SSSR count). The first kappa shape index (κ1) is 17.8. The van der Waals surface area contributed by atoms with Crippen LogP contribution in [0.25, 0.3) is 6.08 Å². The fourth-order valence-corrected chi connectivity index (χ4v) is 2.87. The van der Waals surface area contributed by atoms with Gasteiger partial charge in [-0.1, -0.05) is 6.07 Å². The lowest BCUT2D eigenvalue weighted by molar-refractivity contribution is -0.385. The van der Waals surface area contributed by atoms with Crippen molar-refractivity contribution in [3.05, 3.63) is 63.2 Å². The van der Waals surface area contributed by atoms with Gasteiger partial charge in [-0.3, -0.25) is 10.1 Å². The van der Waals surface area contributed by atoms with Crippen LogP contribution in [0.1, 0.15) is 16.7 Å². The molecule has 0 unspecified atom stereocenters. The van der Waals surface area contributed by atoms with Crippen LogP contribution in [0.2, 0.25) is 0 Å². The monoisotopic (exact) mass is 385 g/mol. The van der Waals surface area contributed by atoms with Crippen LogP contribution in [0.3, 0.4) is 0 Å². The lowest BCUT2D eigenvalue weighted by atomic mass is 10.1. The number of carbonyl (C=O) groups is 1. The molecular weight excluding hydrogens is 370 g/mol. The number of nitro benzene ring substituents is 1. The summed E-state index contributed by atoms with van der Waals surface area (Å²) in [5.41, 5.74) is 1.59. The van der Waals surface area contributed by atoms with Crippen molar-refractivity contribution in [2.75, 3.05) is 13.6 Å². The molecule has 144 valence electrons. The molecule has 0 amide bonds. The number of fused-ring (bicyclic) bond motifs is 2. The van der Waals surface area contributed by atoms with E-state index in [1.807, 2.05) is 0 Å². The van der Waals surface area contributed by atoms with Gasteiger partial charge < -0.3 is 23.7 Å². The number of carbonyl (C=O) groups excluding carboxylic acids is 1. The van der Waals surface area contributed by atoms with Gasteiger partial charge in [0.25, 0.3) is 5.69 Å². The molecule has 0 saturated heterocycles. The quantitative estimate of drug-likeness (QED) is 0.335. The Labute approximate surface area is 159 Å². The molecule has 0 fully saturated rings. The molecule has 2 aliphatic rings. The highest BCUT2D eigenvalue weighted by Crippen LogP contribution is 2.34. The Balaban J connectivity index is 1.44. The molecule has 0 spiro atoms. The Morgan fingerprint density at radius 2 is 2.00 bits per heavy atom. The van der Waals surface area contributed by atoms with Gasteiger partial charge >= 0.3 is 5.97 Å². The summed E-state index contributed by atoms with van der Waals surface area (Å²) in [4.78, 5) is 22.6. The molecule has 2 heterocycles. The van der Waals surface area contributed by atoms with Crippen LogP contribution < -0.4 is 14.2 Å². The summed E-state index contributed by atoms with van der Waals surface area (Å²) in [6, 6.07) is 8.00. The second-order valence-electron chi connectivity index (χ2n) is 6.01. The molecule has 0 radical (unpaired) electrons. The second-order valence-corrected chi connectivity index (χ2v) is 6.01. The molecule has 0 aromatic heterocycles. The SMILES string of the molecule is O=C(C=Cc1ccc2c(c1)OCO2)OCc1cc([N+](=O)[O-])cc2c1OCOC2. The summed E-state index contributed by atoms with van der Waals surface area (Å²) >= 11 is 0. The van der Waals surface area contributed by atoms with Gasteiger partial charge in [0.15, 0.2) is 18.3 Å². The standard InChI is InChI=1S/C19H15NO8/c21-18(4-2-12-1-3-16-17(5-12)27-11-26-16)25-9-14-7-15(20(22)23)6-13-8-24-10-28-19(13)14/h1-7H,8-11H2. The number of nitrogens with zero attached hydrogens (tertiary/aromatic N) is 1. The van der Waals surface area contributed by atoms with Gasteiger partial charge in [0.1, 0.15) is 12.4 Å². The Kier molecular flexibility index (Phi) is 4.81. The highest BCUT2D eigenvalue weighted by molar-refractivity contribution is 5.87. The van der Waals surface area contributed by atoms with Crippen LogP contribution in [0, 0.1) is 10.1 Å². The van der Waals surface area contributed by atoms with Crippen molar-refractivity contribution in [2.45, 2.75) is 13.2 Å². The van der Waals surface area contributed by atoms with Crippen molar-refractivity contribution in [3.63, 3.8) is 0 Å². The van der Waals surface area contributed by atoms with E-state index in [-0.39, 0.29) is 32.5 Å². The first-order valence-electron chi connectivity index (χ1n) is 8.35. The van der Waals surface area contributed by atoms with Gasteiger partial charge in [0.2, 0.25) is 6.79 Å². The van der Waals surface area contributed by atoms with E-state index in [1.54, 1.807) is 24.3 Å². The minimum absolute atomic E-state index is 0.0375. The van der Waals surface area contributed by atoms with Gasteiger partial charge in [-0.05, 0) is 23.8 Å². The predicted molar refractivity (Wildman–Crippen MR) is 94.8 cm³/mol. The van der Waals surface area contributed by atoms with Crippen molar-refractivity contribution >= 4 is 17.7 Å². The third-order valence-corrected chi connectivity index (χ3v) is 4.16. The molecule has 9 nitrogen and oxygen atoms in total. The summed E-state index contributed by atoms with van der Waals surface area (Å²) in [6.07, 6.45) is 2.85. The van der Waals surface area contributed by atoms with Crippen molar-refractivity contribution < 1.29 is 33.4 Å². The van der Waals surface area contributed by atoms with E-state index in [9.17, 15) is 14.9 Å². The maximum absolute atomic E-state index is 12.0. The molecule has 0 saturated carbocycles. The van der Waals surface area contributed by atoms with E-state index in [4.69, 9.17) is 23.7 Å². The van der Waals surface area contributed by atoms with Gasteiger partial charge in [0.05, 0.1) is 11.5 Å². The first-order valence-corrected chi connectivity index (χ1v) is 8.35. The van der Waals surface area contributed by atoms with Crippen molar-refractivity contribution in [1.29, 1.82) is 0 Å². The molecule has 0 bridgehead atoms. The first-order chi connectivity index (χ1) is 13.6. The Bertz CT molecular complexity index is 969. The van der Waals surface area contributed by atoms with Gasteiger partial charge in [-0.25, -0.2) is 4.79 Å². The van der Waals surface area contributed by atoms with Crippen LogP contribution in [0.15, 0.2) is 36.4 Å². The molecule has 0 atom stereocenters. The second kappa shape index (κ2) is 7.57. The van der Waals surface area contributed by atoms with Crippen LogP contribution in [0.4, 0.5) is 5.69 Å². The average Bonchev–Trinajstić information content (AvgIpc) is 3.18. The van der Waals surface area contributed by atoms with E-state index in [1.165, 1.54) is 18.2 Å². The molecule has 28 heavy (non-hydrogen) atoms. The predicted octanol–water partition coefficient (Wildman–Crippen LogP) is 2.95. The minimum atomic E-state index is -0.593. The summed E-state index contributed by atoms with van der Waals surface area (Å²) < 4.78 is 26.3. The number of non-ortho nitro benzene ring substituents is 1. The molecule has 2 aromatic rings. The number of rotatable bonds is 5. The third kappa shape index (κ3) is 3.74. The third-order valence-electron chi connectivity index (χ3n) is 4.16. The summed E-state index contributed by atoms with van der Waals surface area (Å²) in [5.74, 6) is 1.12. The van der Waals surface area contributed by atoms with Crippen LogP contribution in [-0.4, -0.2) is 24.5 Å². The summed E-state index contributed by atoms with van der Waals surface area (Å²) in [7, 11) is 0. The van der Waals surface area contributed by atoms with E-state index < -0.39 is 10.9 Å².